The van der Waals surface area contributed by atoms with Crippen LogP contribution in [0.1, 0.15) is 13.8 Å². The average molecular weight is 191 g/mol. The highest BCUT2D eigenvalue weighted by Crippen LogP contribution is 2.07. The lowest BCUT2D eigenvalue weighted by Gasteiger charge is -2.05. The third-order valence-corrected chi connectivity index (χ3v) is 2.10. The molecule has 14 heavy (non-hydrogen) atoms. The van der Waals surface area contributed by atoms with Crippen LogP contribution in [0.2, 0.25) is 0 Å². The van der Waals surface area contributed by atoms with Crippen LogP contribution in [0.4, 0.5) is 0 Å². The number of nitrogens with zero attached hydrogens (tertiary/aromatic N) is 2. The maximum atomic E-state index is 11.4. The first-order valence-electron chi connectivity index (χ1n) is 4.71. The molecular weight excluding hydrogens is 178 g/mol. The first kappa shape index (κ1) is 8.99. The molecule has 2 aromatic rings. The van der Waals surface area contributed by atoms with Gasteiger partial charge in [-0.3, -0.25) is 4.79 Å². The van der Waals surface area contributed by atoms with Crippen LogP contribution in [0.5, 0.6) is 0 Å². The van der Waals surface area contributed by atoms with Crippen LogP contribution < -0.4 is 5.43 Å². The molecule has 0 aliphatic rings. The lowest BCUT2D eigenvalue weighted by atomic mass is 10.2. The average Bonchev–Trinajstić information content (AvgIpc) is 2.49. The summed E-state index contributed by atoms with van der Waals surface area (Å²) in [6.07, 6.45) is 3.28. The largest absolute Gasteiger partial charge is 0.346 e. The Hall–Kier alpha value is -1.58. The molecule has 1 N–H and O–H groups in total. The molecule has 2 aromatic heterocycles. The van der Waals surface area contributed by atoms with Crippen molar-refractivity contribution in [2.45, 2.75) is 20.4 Å². The third kappa shape index (κ3) is 1.43. The Balaban J connectivity index is 2.58. The molecule has 0 atom stereocenters. The van der Waals surface area contributed by atoms with Gasteiger partial charge in [0.15, 0.2) is 5.43 Å². The second-order valence-corrected chi connectivity index (χ2v) is 3.82. The molecule has 0 unspecified atom stereocenters. The Morgan fingerprint density at radius 1 is 1.57 bits per heavy atom. The van der Waals surface area contributed by atoms with Gasteiger partial charge in [0.1, 0.15) is 5.65 Å². The Morgan fingerprint density at radius 3 is 3.07 bits per heavy atom. The van der Waals surface area contributed by atoms with Crippen molar-refractivity contribution in [1.82, 2.24) is 14.8 Å². The van der Waals surface area contributed by atoms with Crippen molar-refractivity contribution in [3.8, 4) is 0 Å². The van der Waals surface area contributed by atoms with Gasteiger partial charge in [-0.05, 0) is 5.92 Å². The Bertz CT molecular complexity index is 495. The minimum atomic E-state index is 0.0220. The van der Waals surface area contributed by atoms with Gasteiger partial charge >= 0.3 is 0 Å². The van der Waals surface area contributed by atoms with Crippen molar-refractivity contribution in [2.24, 2.45) is 5.92 Å². The molecule has 0 bridgehead atoms. The van der Waals surface area contributed by atoms with Crippen molar-refractivity contribution in [2.75, 3.05) is 0 Å². The lowest BCUT2D eigenvalue weighted by molar-refractivity contribution is 0.492. The van der Waals surface area contributed by atoms with Crippen LogP contribution in [0.15, 0.2) is 23.3 Å². The number of H-pyrrole nitrogens is 1. The van der Waals surface area contributed by atoms with E-state index in [1.54, 1.807) is 12.4 Å². The highest BCUT2D eigenvalue weighted by atomic mass is 16.1. The topological polar surface area (TPSA) is 50.7 Å². The van der Waals surface area contributed by atoms with Gasteiger partial charge in [0.25, 0.3) is 0 Å². The van der Waals surface area contributed by atoms with Crippen LogP contribution in [-0.4, -0.2) is 14.8 Å². The van der Waals surface area contributed by atoms with E-state index in [0.29, 0.717) is 11.3 Å². The van der Waals surface area contributed by atoms with E-state index in [1.165, 1.54) is 6.07 Å². The van der Waals surface area contributed by atoms with Gasteiger partial charge in [-0.1, -0.05) is 13.8 Å². The summed E-state index contributed by atoms with van der Waals surface area (Å²) in [6.45, 7) is 5.06. The number of hydrogen-bond donors (Lipinski definition) is 1. The van der Waals surface area contributed by atoms with E-state index in [-0.39, 0.29) is 5.43 Å². The SMILES string of the molecule is CC(C)Cn1ncc2c(=O)cc[nH]c21. The van der Waals surface area contributed by atoms with Crippen molar-refractivity contribution in [3.05, 3.63) is 28.7 Å². The standard InChI is InChI=1S/C10H13N3O/c1-7(2)6-13-10-8(5-12-13)9(14)3-4-11-10/h3-5,7H,6H2,1-2H3,(H,11,14). The smallest absolute Gasteiger partial charge is 0.192 e. The molecule has 2 rings (SSSR count). The summed E-state index contributed by atoms with van der Waals surface area (Å²) in [5.41, 5.74) is 0.833. The van der Waals surface area contributed by atoms with E-state index in [0.717, 1.165) is 12.2 Å². The van der Waals surface area contributed by atoms with Gasteiger partial charge in [-0.2, -0.15) is 5.10 Å². The molecule has 4 nitrogen and oxygen atoms in total. The summed E-state index contributed by atoms with van der Waals surface area (Å²) >= 11 is 0. The van der Waals surface area contributed by atoms with Crippen LogP contribution in [0.3, 0.4) is 0 Å². The lowest BCUT2D eigenvalue weighted by Crippen LogP contribution is -2.07. The fourth-order valence-electron chi connectivity index (χ4n) is 1.49. The number of hydrogen-bond acceptors (Lipinski definition) is 2. The fourth-order valence-corrected chi connectivity index (χ4v) is 1.49. The second-order valence-electron chi connectivity index (χ2n) is 3.82. The van der Waals surface area contributed by atoms with Gasteiger partial charge in [0, 0.05) is 18.8 Å². The minimum absolute atomic E-state index is 0.0220. The van der Waals surface area contributed by atoms with E-state index in [9.17, 15) is 4.79 Å². The van der Waals surface area contributed by atoms with Gasteiger partial charge in [0.2, 0.25) is 0 Å². The predicted octanol–water partition coefficient (Wildman–Crippen LogP) is 1.38. The number of nitrogens with one attached hydrogen (secondary N) is 1. The molecule has 74 valence electrons. The molecule has 0 fully saturated rings. The molecule has 0 aromatic carbocycles. The first-order valence-corrected chi connectivity index (χ1v) is 4.71. The molecule has 0 saturated carbocycles. The molecule has 2 heterocycles. The molecule has 0 amide bonds. The minimum Gasteiger partial charge on any atom is -0.346 e. The van der Waals surface area contributed by atoms with E-state index in [4.69, 9.17) is 0 Å². The summed E-state index contributed by atoms with van der Waals surface area (Å²) < 4.78 is 1.83. The normalized spacial score (nSPS) is 11.4. The Kier molecular flexibility index (Phi) is 2.11. The highest BCUT2D eigenvalue weighted by Gasteiger charge is 2.06. The molecule has 0 saturated heterocycles. The summed E-state index contributed by atoms with van der Waals surface area (Å²) in [7, 11) is 0. The van der Waals surface area contributed by atoms with Crippen LogP contribution in [-0.2, 0) is 6.54 Å². The number of aromatic amines is 1. The van der Waals surface area contributed by atoms with Crippen molar-refractivity contribution in [1.29, 1.82) is 0 Å². The summed E-state index contributed by atoms with van der Waals surface area (Å²) in [5.74, 6) is 0.516. The number of aromatic nitrogens is 3. The fraction of sp³-hybridized carbons (Fsp3) is 0.400. The summed E-state index contributed by atoms with van der Waals surface area (Å²) in [6, 6.07) is 1.52. The maximum absolute atomic E-state index is 11.4. The zero-order chi connectivity index (χ0) is 10.1. The number of rotatable bonds is 2. The summed E-state index contributed by atoms with van der Waals surface area (Å²) in [5, 5.41) is 4.84. The molecule has 0 spiro atoms. The Morgan fingerprint density at radius 2 is 2.36 bits per heavy atom. The van der Waals surface area contributed by atoms with Gasteiger partial charge in [-0.15, -0.1) is 0 Å². The zero-order valence-electron chi connectivity index (χ0n) is 8.32. The Labute approximate surface area is 81.6 Å². The van der Waals surface area contributed by atoms with E-state index in [2.05, 4.69) is 23.9 Å². The number of pyridine rings is 1. The zero-order valence-corrected chi connectivity index (χ0v) is 8.32. The third-order valence-electron chi connectivity index (χ3n) is 2.10. The highest BCUT2D eigenvalue weighted by molar-refractivity contribution is 5.73. The van der Waals surface area contributed by atoms with Gasteiger partial charge < -0.3 is 4.98 Å². The predicted molar refractivity (Wildman–Crippen MR) is 55.2 cm³/mol. The summed E-state index contributed by atoms with van der Waals surface area (Å²) in [4.78, 5) is 14.5. The van der Waals surface area contributed by atoms with Crippen molar-refractivity contribution in [3.63, 3.8) is 0 Å². The monoisotopic (exact) mass is 191 g/mol. The molecule has 4 heteroatoms. The maximum Gasteiger partial charge on any atom is 0.192 e. The van der Waals surface area contributed by atoms with Crippen LogP contribution >= 0.6 is 0 Å². The van der Waals surface area contributed by atoms with Crippen molar-refractivity contribution < 1.29 is 0 Å². The molecule has 0 aliphatic carbocycles. The quantitative estimate of drug-likeness (QED) is 0.779. The first-order chi connectivity index (χ1) is 6.68. The van der Waals surface area contributed by atoms with E-state index in [1.807, 2.05) is 4.68 Å². The molecule has 0 aliphatic heterocycles. The van der Waals surface area contributed by atoms with E-state index >= 15 is 0 Å². The van der Waals surface area contributed by atoms with Crippen LogP contribution in [0, 0.1) is 5.92 Å². The van der Waals surface area contributed by atoms with Crippen LogP contribution in [0.25, 0.3) is 11.0 Å². The van der Waals surface area contributed by atoms with E-state index < -0.39 is 0 Å². The second kappa shape index (κ2) is 3.29. The van der Waals surface area contributed by atoms with Gasteiger partial charge in [0.05, 0.1) is 11.6 Å². The molecular formula is C10H13N3O. The van der Waals surface area contributed by atoms with Crippen molar-refractivity contribution >= 4 is 11.0 Å². The molecule has 0 radical (unpaired) electrons. The number of fused-ring (bicyclic) bond motifs is 1. The van der Waals surface area contributed by atoms with Gasteiger partial charge in [-0.25, -0.2) is 4.68 Å².